The third kappa shape index (κ3) is 3.82. The van der Waals surface area contributed by atoms with Gasteiger partial charge in [-0.1, -0.05) is 66.7 Å². The Kier molecular flexibility index (Phi) is 5.37. The highest BCUT2D eigenvalue weighted by atomic mass is 16.3. The second-order valence-electron chi connectivity index (χ2n) is 7.40. The van der Waals surface area contributed by atoms with Gasteiger partial charge in [-0.25, -0.2) is 0 Å². The molecule has 1 amide bonds. The van der Waals surface area contributed by atoms with Gasteiger partial charge in [0, 0.05) is 19.6 Å². The second kappa shape index (κ2) is 8.07. The molecular formula is C23H26N2O2. The van der Waals surface area contributed by atoms with E-state index >= 15 is 0 Å². The fraction of sp³-hybridized carbons (Fsp3) is 0.348. The van der Waals surface area contributed by atoms with Crippen molar-refractivity contribution in [2.75, 3.05) is 13.2 Å². The van der Waals surface area contributed by atoms with Crippen LogP contribution in [0.25, 0.3) is 0 Å². The van der Waals surface area contributed by atoms with Gasteiger partial charge in [-0.15, -0.1) is 0 Å². The Balaban J connectivity index is 1.60. The van der Waals surface area contributed by atoms with E-state index in [4.69, 9.17) is 0 Å². The molecular weight excluding hydrogens is 336 g/mol. The van der Waals surface area contributed by atoms with Crippen LogP contribution in [0.1, 0.15) is 24.0 Å². The molecule has 0 unspecified atom stereocenters. The van der Waals surface area contributed by atoms with Crippen LogP contribution in [0, 0.1) is 0 Å². The lowest BCUT2D eigenvalue weighted by Gasteiger charge is -2.30. The first-order valence-electron chi connectivity index (χ1n) is 9.68. The van der Waals surface area contributed by atoms with Crippen molar-refractivity contribution in [2.45, 2.75) is 38.0 Å². The Hall–Kier alpha value is -2.43. The topological polar surface area (TPSA) is 43.8 Å². The van der Waals surface area contributed by atoms with E-state index in [1.54, 1.807) is 0 Å². The van der Waals surface area contributed by atoms with E-state index in [0.717, 1.165) is 38.0 Å². The van der Waals surface area contributed by atoms with Crippen LogP contribution in [0.5, 0.6) is 0 Å². The van der Waals surface area contributed by atoms with Crippen LogP contribution < -0.4 is 0 Å². The Bertz CT molecular complexity index is 762. The molecule has 0 bridgehead atoms. The summed E-state index contributed by atoms with van der Waals surface area (Å²) in [5, 5.41) is 9.70. The summed E-state index contributed by atoms with van der Waals surface area (Å²) in [4.78, 5) is 17.5. The van der Waals surface area contributed by atoms with Gasteiger partial charge in [0.15, 0.2) is 0 Å². The largest absolute Gasteiger partial charge is 0.392 e. The van der Waals surface area contributed by atoms with E-state index in [1.165, 1.54) is 11.1 Å². The van der Waals surface area contributed by atoms with Crippen LogP contribution in [0.4, 0.5) is 0 Å². The highest BCUT2D eigenvalue weighted by molar-refractivity contribution is 5.85. The summed E-state index contributed by atoms with van der Waals surface area (Å²) in [5.41, 5.74) is 3.42. The lowest BCUT2D eigenvalue weighted by Crippen LogP contribution is -2.43. The van der Waals surface area contributed by atoms with Crippen LogP contribution in [-0.4, -0.2) is 46.0 Å². The molecule has 1 saturated heterocycles. The molecule has 0 radical (unpaired) electrons. The van der Waals surface area contributed by atoms with Gasteiger partial charge in [0.05, 0.1) is 18.7 Å². The molecule has 2 aromatic rings. The Morgan fingerprint density at radius 2 is 1.56 bits per heavy atom. The number of aliphatic hydroxyl groups is 1. The highest BCUT2D eigenvalue weighted by Crippen LogP contribution is 2.32. The molecule has 27 heavy (non-hydrogen) atoms. The molecule has 2 heterocycles. The number of amides is 1. The van der Waals surface area contributed by atoms with Crippen LogP contribution in [0.2, 0.25) is 0 Å². The minimum Gasteiger partial charge on any atom is -0.392 e. The van der Waals surface area contributed by atoms with Gasteiger partial charge in [0.1, 0.15) is 0 Å². The van der Waals surface area contributed by atoms with Crippen LogP contribution in [0.3, 0.4) is 0 Å². The molecule has 4 heteroatoms. The standard InChI is InChI=1S/C23H26N2O2/c26-17-20-12-7-13-25-21(20)14-22(23(25)27)24(15-18-8-3-1-4-9-18)16-19-10-5-2-6-11-19/h1-6,8-12,21-22,26H,7,13-17H2/t21-,22+/m1/s1. The van der Waals surface area contributed by atoms with Crippen molar-refractivity contribution in [2.24, 2.45) is 0 Å². The van der Waals surface area contributed by atoms with Crippen LogP contribution in [0.15, 0.2) is 72.3 Å². The summed E-state index contributed by atoms with van der Waals surface area (Å²) in [6.07, 6.45) is 3.70. The van der Waals surface area contributed by atoms with E-state index in [-0.39, 0.29) is 24.6 Å². The number of rotatable bonds is 6. The molecule has 0 saturated carbocycles. The number of fused-ring (bicyclic) bond motifs is 1. The fourth-order valence-electron chi connectivity index (χ4n) is 4.31. The van der Waals surface area contributed by atoms with Gasteiger partial charge in [-0.2, -0.15) is 0 Å². The SMILES string of the molecule is O=C1[C@@H](N(Cc2ccccc2)Cc2ccccc2)C[C@@H]2C(CO)=CCCN12. The zero-order valence-electron chi connectivity index (χ0n) is 15.5. The van der Waals surface area contributed by atoms with Gasteiger partial charge < -0.3 is 10.0 Å². The molecule has 2 aliphatic heterocycles. The number of hydrogen-bond acceptors (Lipinski definition) is 3. The number of nitrogens with zero attached hydrogens (tertiary/aromatic N) is 2. The summed E-state index contributed by atoms with van der Waals surface area (Å²) in [6, 6.07) is 20.6. The molecule has 0 aromatic heterocycles. The predicted octanol–water partition coefficient (Wildman–Crippen LogP) is 2.98. The first kappa shape index (κ1) is 18.0. The molecule has 1 fully saturated rings. The predicted molar refractivity (Wildman–Crippen MR) is 106 cm³/mol. The number of carbonyl (C=O) groups excluding carboxylic acids is 1. The number of hydrogen-bond donors (Lipinski definition) is 1. The summed E-state index contributed by atoms with van der Waals surface area (Å²) in [6.45, 7) is 2.28. The minimum atomic E-state index is -0.150. The van der Waals surface area contributed by atoms with E-state index in [9.17, 15) is 9.90 Å². The van der Waals surface area contributed by atoms with Gasteiger partial charge >= 0.3 is 0 Å². The van der Waals surface area contributed by atoms with Gasteiger partial charge in [0.2, 0.25) is 5.91 Å². The third-order valence-corrected chi connectivity index (χ3v) is 5.68. The molecule has 4 rings (SSSR count). The van der Waals surface area contributed by atoms with E-state index < -0.39 is 0 Å². The monoisotopic (exact) mass is 362 g/mol. The van der Waals surface area contributed by atoms with Crippen LogP contribution in [-0.2, 0) is 17.9 Å². The molecule has 2 aliphatic rings. The van der Waals surface area contributed by atoms with Crippen molar-refractivity contribution in [1.82, 2.24) is 9.80 Å². The van der Waals surface area contributed by atoms with E-state index in [0.29, 0.717) is 0 Å². The normalized spacial score (nSPS) is 22.1. The molecule has 0 spiro atoms. The number of aliphatic hydroxyl groups excluding tert-OH is 1. The smallest absolute Gasteiger partial charge is 0.240 e. The highest BCUT2D eigenvalue weighted by Gasteiger charge is 2.44. The summed E-state index contributed by atoms with van der Waals surface area (Å²) >= 11 is 0. The van der Waals surface area contributed by atoms with Gasteiger partial charge in [-0.05, 0) is 29.5 Å². The third-order valence-electron chi connectivity index (χ3n) is 5.68. The average Bonchev–Trinajstić information content (AvgIpc) is 3.06. The van der Waals surface area contributed by atoms with Crippen LogP contribution >= 0.6 is 0 Å². The number of carbonyl (C=O) groups is 1. The van der Waals surface area contributed by atoms with Crippen molar-refractivity contribution in [1.29, 1.82) is 0 Å². The maximum atomic E-state index is 13.2. The van der Waals surface area contributed by atoms with E-state index in [1.807, 2.05) is 41.3 Å². The van der Waals surface area contributed by atoms with Gasteiger partial charge in [-0.3, -0.25) is 9.69 Å². The first-order valence-corrected chi connectivity index (χ1v) is 9.68. The molecule has 2 aromatic carbocycles. The van der Waals surface area contributed by atoms with Crippen molar-refractivity contribution in [3.63, 3.8) is 0 Å². The quantitative estimate of drug-likeness (QED) is 0.804. The Morgan fingerprint density at radius 1 is 0.963 bits per heavy atom. The van der Waals surface area contributed by atoms with E-state index in [2.05, 4.69) is 35.2 Å². The zero-order valence-corrected chi connectivity index (χ0v) is 15.5. The van der Waals surface area contributed by atoms with Gasteiger partial charge in [0.25, 0.3) is 0 Å². The second-order valence-corrected chi connectivity index (χ2v) is 7.40. The summed E-state index contributed by atoms with van der Waals surface area (Å²) in [5.74, 6) is 0.200. The summed E-state index contributed by atoms with van der Waals surface area (Å²) < 4.78 is 0. The molecule has 2 atom stereocenters. The van der Waals surface area contributed by atoms with Crippen molar-refractivity contribution >= 4 is 5.91 Å². The summed E-state index contributed by atoms with van der Waals surface area (Å²) in [7, 11) is 0. The van der Waals surface area contributed by atoms with Crippen molar-refractivity contribution in [3.8, 4) is 0 Å². The number of benzene rings is 2. The molecule has 4 nitrogen and oxygen atoms in total. The fourth-order valence-corrected chi connectivity index (χ4v) is 4.31. The molecule has 0 aliphatic carbocycles. The Morgan fingerprint density at radius 3 is 2.11 bits per heavy atom. The molecule has 1 N–H and O–H groups in total. The molecule has 140 valence electrons. The van der Waals surface area contributed by atoms with Crippen molar-refractivity contribution in [3.05, 3.63) is 83.4 Å². The minimum absolute atomic E-state index is 0.0402. The first-order chi connectivity index (χ1) is 13.3. The lowest BCUT2D eigenvalue weighted by atomic mass is 9.99. The maximum absolute atomic E-state index is 13.2. The average molecular weight is 362 g/mol. The van der Waals surface area contributed by atoms with Crippen molar-refractivity contribution < 1.29 is 9.90 Å². The lowest BCUT2D eigenvalue weighted by molar-refractivity contribution is -0.133. The maximum Gasteiger partial charge on any atom is 0.240 e. The zero-order chi connectivity index (χ0) is 18.6. The Labute approximate surface area is 160 Å².